The summed E-state index contributed by atoms with van der Waals surface area (Å²) in [7, 11) is 3.80. The maximum absolute atomic E-state index is 13.0. The van der Waals surface area contributed by atoms with Crippen LogP contribution in [0.25, 0.3) is 5.76 Å². The van der Waals surface area contributed by atoms with Crippen molar-refractivity contribution in [3.63, 3.8) is 0 Å². The lowest BCUT2D eigenvalue weighted by molar-refractivity contribution is -0.140. The minimum absolute atomic E-state index is 0.0653. The average molecular weight is 441 g/mol. The molecule has 1 fully saturated rings. The van der Waals surface area contributed by atoms with Crippen LogP contribution >= 0.6 is 11.6 Å². The zero-order valence-corrected chi connectivity index (χ0v) is 18.5. The third-order valence-corrected chi connectivity index (χ3v) is 5.90. The van der Waals surface area contributed by atoms with E-state index in [2.05, 4.69) is 0 Å². The van der Waals surface area contributed by atoms with Crippen LogP contribution in [0.1, 0.15) is 29.7 Å². The van der Waals surface area contributed by atoms with Crippen molar-refractivity contribution in [3.8, 4) is 5.75 Å². The number of amides is 1. The molecule has 162 valence electrons. The van der Waals surface area contributed by atoms with Gasteiger partial charge in [-0.05, 0) is 62.5 Å². The third-order valence-electron chi connectivity index (χ3n) is 5.66. The summed E-state index contributed by atoms with van der Waals surface area (Å²) in [6, 6.07) is 11.7. The van der Waals surface area contributed by atoms with Crippen molar-refractivity contribution in [1.82, 2.24) is 9.80 Å². The van der Waals surface area contributed by atoms with Gasteiger partial charge in [0.25, 0.3) is 11.7 Å². The summed E-state index contributed by atoms with van der Waals surface area (Å²) >= 11 is 6.20. The molecule has 0 aliphatic carbocycles. The molecule has 0 radical (unpaired) electrons. The van der Waals surface area contributed by atoms with Crippen LogP contribution in [-0.2, 0) is 16.0 Å². The Hall–Kier alpha value is -2.83. The lowest BCUT2D eigenvalue weighted by Crippen LogP contribution is -2.35. The molecule has 2 unspecified atom stereocenters. The Bertz CT molecular complexity index is 1080. The molecule has 6 nitrogen and oxygen atoms in total. The zero-order valence-electron chi connectivity index (χ0n) is 17.8. The van der Waals surface area contributed by atoms with Gasteiger partial charge in [0.1, 0.15) is 17.6 Å². The molecule has 31 heavy (non-hydrogen) atoms. The maximum Gasteiger partial charge on any atom is 0.295 e. The quantitative estimate of drug-likeness (QED) is 0.436. The Balaban J connectivity index is 1.82. The second-order valence-electron chi connectivity index (χ2n) is 8.31. The number of carbonyl (C=O) groups is 2. The largest absolute Gasteiger partial charge is 0.507 e. The molecule has 2 aromatic carbocycles. The lowest BCUT2D eigenvalue weighted by atomic mass is 9.94. The predicted octanol–water partition coefficient (Wildman–Crippen LogP) is 3.65. The normalized spacial score (nSPS) is 22.2. The molecular weight excluding hydrogens is 416 g/mol. The first-order valence-electron chi connectivity index (χ1n) is 10.2. The number of hydrogen-bond donors (Lipinski definition) is 1. The molecule has 1 N–H and O–H groups in total. The number of likely N-dealkylation sites (N-methyl/N-ethyl adjacent to an activating group) is 1. The van der Waals surface area contributed by atoms with Crippen molar-refractivity contribution >= 4 is 29.1 Å². The van der Waals surface area contributed by atoms with Gasteiger partial charge >= 0.3 is 0 Å². The highest BCUT2D eigenvalue weighted by molar-refractivity contribution is 6.46. The van der Waals surface area contributed by atoms with Crippen molar-refractivity contribution < 1.29 is 19.4 Å². The van der Waals surface area contributed by atoms with Crippen LogP contribution in [0, 0.1) is 0 Å². The van der Waals surface area contributed by atoms with Crippen LogP contribution in [0.15, 0.2) is 48.0 Å². The monoisotopic (exact) mass is 440 g/mol. The Morgan fingerprint density at radius 1 is 1.23 bits per heavy atom. The lowest BCUT2D eigenvalue weighted by Gasteiger charge is -2.26. The summed E-state index contributed by atoms with van der Waals surface area (Å²) in [5.41, 5.74) is 2.23. The van der Waals surface area contributed by atoms with Gasteiger partial charge in [-0.1, -0.05) is 23.7 Å². The number of carbonyl (C=O) groups excluding carboxylic acids is 2. The van der Waals surface area contributed by atoms with Crippen molar-refractivity contribution in [2.75, 3.05) is 27.2 Å². The average Bonchev–Trinajstić information content (AvgIpc) is 3.22. The van der Waals surface area contributed by atoms with Crippen LogP contribution in [0.3, 0.4) is 0 Å². The fourth-order valence-corrected chi connectivity index (χ4v) is 4.37. The number of hydrogen-bond acceptors (Lipinski definition) is 5. The van der Waals surface area contributed by atoms with Crippen molar-refractivity contribution in [1.29, 1.82) is 0 Å². The van der Waals surface area contributed by atoms with Crippen molar-refractivity contribution in [2.45, 2.75) is 25.5 Å². The first-order chi connectivity index (χ1) is 14.8. The van der Waals surface area contributed by atoms with Crippen LogP contribution < -0.4 is 4.74 Å². The standard InChI is InChI=1S/C24H25ClN2O4/c1-14-11-17-12-16(7-8-19(17)31-14)22(28)20-21(15-5-4-6-18(25)13-15)27(10-9-26(2)3)24(30)23(20)29/h4-8,12-14,21,28H,9-11H2,1-3H3. The van der Waals surface area contributed by atoms with E-state index in [0.717, 1.165) is 17.7 Å². The molecule has 0 bridgehead atoms. The number of ketones is 1. The van der Waals surface area contributed by atoms with Gasteiger partial charge in [-0.15, -0.1) is 0 Å². The highest BCUT2D eigenvalue weighted by Crippen LogP contribution is 2.41. The van der Waals surface area contributed by atoms with Crippen molar-refractivity contribution in [2.24, 2.45) is 0 Å². The second-order valence-corrected chi connectivity index (χ2v) is 8.74. The van der Waals surface area contributed by atoms with Crippen LogP contribution in [-0.4, -0.2) is 59.9 Å². The van der Waals surface area contributed by atoms with Gasteiger partial charge in [0.15, 0.2) is 0 Å². The van der Waals surface area contributed by atoms with E-state index in [9.17, 15) is 14.7 Å². The number of rotatable bonds is 5. The highest BCUT2D eigenvalue weighted by Gasteiger charge is 2.46. The van der Waals surface area contributed by atoms with E-state index in [1.54, 1.807) is 30.3 Å². The summed E-state index contributed by atoms with van der Waals surface area (Å²) in [6.45, 7) is 2.91. The molecule has 1 saturated heterocycles. The molecule has 2 aliphatic rings. The van der Waals surface area contributed by atoms with Gasteiger partial charge in [-0.2, -0.15) is 0 Å². The first-order valence-corrected chi connectivity index (χ1v) is 10.6. The maximum atomic E-state index is 13.0. The van der Waals surface area contributed by atoms with Crippen LogP contribution in [0.5, 0.6) is 5.75 Å². The number of likely N-dealkylation sites (tertiary alicyclic amines) is 1. The SMILES string of the molecule is CC1Cc2cc(C(O)=C3C(=O)C(=O)N(CCN(C)C)C3c3cccc(Cl)c3)ccc2O1. The predicted molar refractivity (Wildman–Crippen MR) is 119 cm³/mol. The summed E-state index contributed by atoms with van der Waals surface area (Å²) in [6.07, 6.45) is 0.793. The molecule has 2 aliphatic heterocycles. The van der Waals surface area contributed by atoms with Gasteiger partial charge in [-0.3, -0.25) is 9.59 Å². The summed E-state index contributed by atoms with van der Waals surface area (Å²) in [4.78, 5) is 29.4. The Kier molecular flexibility index (Phi) is 5.77. The first kappa shape index (κ1) is 21.4. The van der Waals surface area contributed by atoms with Crippen molar-refractivity contribution in [3.05, 3.63) is 69.8 Å². The van der Waals surface area contributed by atoms with E-state index in [-0.39, 0.29) is 17.4 Å². The fourth-order valence-electron chi connectivity index (χ4n) is 4.17. The topological polar surface area (TPSA) is 70.1 Å². The third kappa shape index (κ3) is 4.05. The van der Waals surface area contributed by atoms with Gasteiger partial charge in [-0.25, -0.2) is 0 Å². The molecule has 0 saturated carbocycles. The Morgan fingerprint density at radius 2 is 2.00 bits per heavy atom. The number of benzene rings is 2. The van der Waals surface area contributed by atoms with E-state index >= 15 is 0 Å². The Morgan fingerprint density at radius 3 is 2.71 bits per heavy atom. The molecule has 2 atom stereocenters. The summed E-state index contributed by atoms with van der Waals surface area (Å²) < 4.78 is 5.73. The molecule has 7 heteroatoms. The van der Waals surface area contributed by atoms with Gasteiger partial charge < -0.3 is 19.6 Å². The smallest absolute Gasteiger partial charge is 0.295 e. The minimum atomic E-state index is -0.706. The van der Waals surface area contributed by atoms with E-state index in [0.29, 0.717) is 29.2 Å². The summed E-state index contributed by atoms with van der Waals surface area (Å²) in [5, 5.41) is 11.7. The number of fused-ring (bicyclic) bond motifs is 1. The van der Waals surface area contributed by atoms with Crippen LogP contribution in [0.4, 0.5) is 0 Å². The Labute approximate surface area is 186 Å². The molecular formula is C24H25ClN2O4. The summed E-state index contributed by atoms with van der Waals surface area (Å²) in [5.74, 6) is -0.710. The van der Waals surface area contributed by atoms with E-state index in [1.807, 2.05) is 38.1 Å². The van der Waals surface area contributed by atoms with Gasteiger partial charge in [0.2, 0.25) is 0 Å². The molecule has 0 spiro atoms. The number of aliphatic hydroxyl groups excluding tert-OH is 1. The fraction of sp³-hybridized carbons (Fsp3) is 0.333. The molecule has 1 amide bonds. The molecule has 4 rings (SSSR count). The zero-order chi connectivity index (χ0) is 22.3. The van der Waals surface area contributed by atoms with Gasteiger partial charge in [0.05, 0.1) is 11.6 Å². The number of Topliss-reactive ketones (excluding diaryl/α,β-unsaturated/α-hetero) is 1. The van der Waals surface area contributed by atoms with E-state index in [4.69, 9.17) is 16.3 Å². The van der Waals surface area contributed by atoms with Gasteiger partial charge in [0, 0.05) is 30.1 Å². The number of ether oxygens (including phenoxy) is 1. The van der Waals surface area contributed by atoms with E-state index < -0.39 is 17.7 Å². The number of halogens is 1. The minimum Gasteiger partial charge on any atom is -0.507 e. The highest BCUT2D eigenvalue weighted by atomic mass is 35.5. The van der Waals surface area contributed by atoms with Crippen LogP contribution in [0.2, 0.25) is 5.02 Å². The number of nitrogens with zero attached hydrogens (tertiary/aromatic N) is 2. The molecule has 2 aromatic rings. The molecule has 2 heterocycles. The second kappa shape index (κ2) is 8.36. The number of aliphatic hydroxyl groups is 1. The molecule has 0 aromatic heterocycles. The van der Waals surface area contributed by atoms with E-state index in [1.165, 1.54) is 4.90 Å².